The van der Waals surface area contributed by atoms with Crippen molar-refractivity contribution in [2.24, 2.45) is 5.73 Å². The molecule has 0 amide bonds. The number of carbonyl (C=O) groups is 1. The summed E-state index contributed by atoms with van der Waals surface area (Å²) in [5.41, 5.74) is 5.81. The van der Waals surface area contributed by atoms with Crippen molar-refractivity contribution in [1.82, 2.24) is 0 Å². The molecule has 4 heteroatoms. The van der Waals surface area contributed by atoms with Crippen molar-refractivity contribution in [2.75, 3.05) is 0 Å². The Morgan fingerprint density at radius 2 is 1.92 bits per heavy atom. The predicted octanol–water partition coefficient (Wildman–Crippen LogP) is 1.15. The molecule has 1 unspecified atom stereocenters. The largest absolute Gasteiger partial charge is 0.444 e. The Morgan fingerprint density at radius 3 is 2.38 bits per heavy atom. The van der Waals surface area contributed by atoms with Crippen LogP contribution in [0.2, 0.25) is 0 Å². The quantitative estimate of drug-likeness (QED) is 0.605. The number of ether oxygens (including phenoxy) is 1. The van der Waals surface area contributed by atoms with E-state index in [4.69, 9.17) is 10.5 Å². The van der Waals surface area contributed by atoms with E-state index in [-0.39, 0.29) is 22.7 Å². The number of hydrogen-bond donors (Lipinski definition) is 1. The van der Waals surface area contributed by atoms with E-state index in [0.29, 0.717) is 5.56 Å². The standard InChI is InChI=1S/C9H11NO2.Co/c1-7(10)12-9(11)8-5-3-2-4-6-8;/h2-7H,10H2,1H3;. The van der Waals surface area contributed by atoms with Crippen molar-refractivity contribution in [1.29, 1.82) is 0 Å². The molecule has 0 saturated heterocycles. The predicted molar refractivity (Wildman–Crippen MR) is 45.5 cm³/mol. The van der Waals surface area contributed by atoms with E-state index in [0.717, 1.165) is 0 Å². The fraction of sp³-hybridized carbons (Fsp3) is 0.222. The second-order valence-corrected chi connectivity index (χ2v) is 2.48. The van der Waals surface area contributed by atoms with Gasteiger partial charge in [0.25, 0.3) is 0 Å². The molecule has 0 heterocycles. The molecule has 3 nitrogen and oxygen atoms in total. The maximum absolute atomic E-state index is 11.2. The number of hydrogen-bond acceptors (Lipinski definition) is 3. The molecule has 0 bridgehead atoms. The molecule has 0 fully saturated rings. The summed E-state index contributed by atoms with van der Waals surface area (Å²) in [6.45, 7) is 1.61. The summed E-state index contributed by atoms with van der Waals surface area (Å²) >= 11 is 0. The van der Waals surface area contributed by atoms with Gasteiger partial charge in [0.15, 0.2) is 0 Å². The first-order chi connectivity index (χ1) is 5.70. The minimum absolute atomic E-state index is 0. The average Bonchev–Trinajstić information content (AvgIpc) is 2.05. The van der Waals surface area contributed by atoms with Crippen LogP contribution in [0.4, 0.5) is 0 Å². The molecule has 0 aliphatic rings. The van der Waals surface area contributed by atoms with Crippen LogP contribution in [0.5, 0.6) is 0 Å². The van der Waals surface area contributed by atoms with Gasteiger partial charge in [-0.2, -0.15) is 0 Å². The molecule has 1 rings (SSSR count). The van der Waals surface area contributed by atoms with Gasteiger partial charge >= 0.3 is 5.97 Å². The van der Waals surface area contributed by atoms with Crippen LogP contribution in [0.3, 0.4) is 0 Å². The Hall–Kier alpha value is -0.844. The maximum Gasteiger partial charge on any atom is 0.339 e. The van der Waals surface area contributed by atoms with Crippen molar-refractivity contribution in [3.63, 3.8) is 0 Å². The zero-order valence-corrected chi connectivity index (χ0v) is 8.23. The number of esters is 1. The van der Waals surface area contributed by atoms with Crippen molar-refractivity contribution < 1.29 is 26.3 Å². The summed E-state index contributed by atoms with van der Waals surface area (Å²) in [5, 5.41) is 0. The second kappa shape index (κ2) is 5.74. The summed E-state index contributed by atoms with van der Waals surface area (Å²) in [5.74, 6) is -0.384. The van der Waals surface area contributed by atoms with Crippen molar-refractivity contribution in [3.8, 4) is 0 Å². The zero-order chi connectivity index (χ0) is 8.97. The van der Waals surface area contributed by atoms with Crippen molar-refractivity contribution >= 4 is 5.97 Å². The van der Waals surface area contributed by atoms with Crippen LogP contribution in [0.1, 0.15) is 17.3 Å². The molecule has 1 radical (unpaired) electrons. The van der Waals surface area contributed by atoms with E-state index in [9.17, 15) is 4.79 Å². The van der Waals surface area contributed by atoms with E-state index in [1.807, 2.05) is 6.07 Å². The van der Waals surface area contributed by atoms with Crippen molar-refractivity contribution in [3.05, 3.63) is 35.9 Å². The molecule has 1 aromatic carbocycles. The Bertz CT molecular complexity index is 262. The first-order valence-electron chi connectivity index (χ1n) is 3.72. The monoisotopic (exact) mass is 224 g/mol. The minimum atomic E-state index is -0.558. The summed E-state index contributed by atoms with van der Waals surface area (Å²) < 4.78 is 4.78. The first kappa shape index (κ1) is 12.2. The Morgan fingerprint density at radius 1 is 1.38 bits per heavy atom. The van der Waals surface area contributed by atoms with Crippen LogP contribution < -0.4 is 5.73 Å². The van der Waals surface area contributed by atoms with Gasteiger partial charge < -0.3 is 4.74 Å². The van der Waals surface area contributed by atoms with Gasteiger partial charge in [-0.1, -0.05) is 18.2 Å². The van der Waals surface area contributed by atoms with E-state index < -0.39 is 6.23 Å². The van der Waals surface area contributed by atoms with Gasteiger partial charge in [-0.15, -0.1) is 0 Å². The molecule has 0 aliphatic heterocycles. The van der Waals surface area contributed by atoms with Gasteiger partial charge in [0, 0.05) is 16.8 Å². The Labute approximate surface area is 87.5 Å². The third-order valence-electron chi connectivity index (χ3n) is 1.30. The topological polar surface area (TPSA) is 52.3 Å². The molecular formula is C9H11CoNO2. The third-order valence-corrected chi connectivity index (χ3v) is 1.30. The van der Waals surface area contributed by atoms with Crippen molar-refractivity contribution in [2.45, 2.75) is 13.2 Å². The van der Waals surface area contributed by atoms with Gasteiger partial charge in [-0.25, -0.2) is 4.79 Å². The Balaban J connectivity index is 0.00000144. The van der Waals surface area contributed by atoms with Crippen LogP contribution in [0.15, 0.2) is 30.3 Å². The number of carbonyl (C=O) groups excluding carboxylic acids is 1. The van der Waals surface area contributed by atoms with Gasteiger partial charge in [0.1, 0.15) is 6.23 Å². The summed E-state index contributed by atoms with van der Waals surface area (Å²) in [7, 11) is 0. The van der Waals surface area contributed by atoms with Crippen LogP contribution >= 0.6 is 0 Å². The number of benzene rings is 1. The van der Waals surface area contributed by atoms with Crippen LogP contribution in [0, 0.1) is 0 Å². The number of rotatable bonds is 2. The van der Waals surface area contributed by atoms with Crippen LogP contribution in [0.25, 0.3) is 0 Å². The van der Waals surface area contributed by atoms with Crippen LogP contribution in [-0.2, 0) is 21.5 Å². The van der Waals surface area contributed by atoms with E-state index in [1.54, 1.807) is 31.2 Å². The van der Waals surface area contributed by atoms with Gasteiger partial charge in [-0.05, 0) is 19.1 Å². The smallest absolute Gasteiger partial charge is 0.339 e. The van der Waals surface area contributed by atoms with E-state index >= 15 is 0 Å². The summed E-state index contributed by atoms with van der Waals surface area (Å²) in [6, 6.07) is 8.76. The van der Waals surface area contributed by atoms with Gasteiger partial charge in [0.05, 0.1) is 5.56 Å². The molecule has 1 aromatic rings. The van der Waals surface area contributed by atoms with Crippen LogP contribution in [-0.4, -0.2) is 12.2 Å². The minimum Gasteiger partial charge on any atom is -0.444 e. The average molecular weight is 224 g/mol. The molecule has 0 spiro atoms. The molecule has 2 N–H and O–H groups in total. The molecule has 0 saturated carbocycles. The second-order valence-electron chi connectivity index (χ2n) is 2.48. The Kier molecular flexibility index (Phi) is 5.37. The molecule has 1 atom stereocenters. The summed E-state index contributed by atoms with van der Waals surface area (Å²) in [6.07, 6.45) is -0.558. The molecule has 73 valence electrons. The normalized spacial score (nSPS) is 11.2. The summed E-state index contributed by atoms with van der Waals surface area (Å²) in [4.78, 5) is 11.2. The molecule has 0 aliphatic carbocycles. The van der Waals surface area contributed by atoms with Gasteiger partial charge in [-0.3, -0.25) is 5.73 Å². The van der Waals surface area contributed by atoms with Gasteiger partial charge in [0.2, 0.25) is 0 Å². The van der Waals surface area contributed by atoms with E-state index in [2.05, 4.69) is 0 Å². The molecular weight excluding hydrogens is 213 g/mol. The fourth-order valence-electron chi connectivity index (χ4n) is 0.811. The SMILES string of the molecule is CC(N)OC(=O)c1ccccc1.[Co]. The fourth-order valence-corrected chi connectivity index (χ4v) is 0.811. The molecule has 0 aromatic heterocycles. The third kappa shape index (κ3) is 4.07. The number of nitrogens with two attached hydrogens (primary N) is 1. The first-order valence-corrected chi connectivity index (χ1v) is 3.72. The van der Waals surface area contributed by atoms with E-state index in [1.165, 1.54) is 0 Å². The molecule has 13 heavy (non-hydrogen) atoms. The maximum atomic E-state index is 11.2. The zero-order valence-electron chi connectivity index (χ0n) is 7.19.